The number of methoxy groups -OCH3 is 1. The molecule has 0 amide bonds. The zero-order chi connectivity index (χ0) is 12.5. The van der Waals surface area contributed by atoms with Crippen LogP contribution >= 0.6 is 15.9 Å². The van der Waals surface area contributed by atoms with E-state index in [0.29, 0.717) is 6.04 Å². The van der Waals surface area contributed by atoms with Gasteiger partial charge < -0.3 is 15.0 Å². The summed E-state index contributed by atoms with van der Waals surface area (Å²) in [5, 5.41) is 3.71. The highest BCUT2D eigenvalue weighted by molar-refractivity contribution is 9.10. The molecule has 1 N–H and O–H groups in total. The van der Waals surface area contributed by atoms with Crippen molar-refractivity contribution in [3.63, 3.8) is 0 Å². The first-order valence-electron chi connectivity index (χ1n) is 6.61. The van der Waals surface area contributed by atoms with E-state index in [1.54, 1.807) is 7.11 Å². The minimum atomic E-state index is 0.659. The molecule has 1 aromatic carbocycles. The van der Waals surface area contributed by atoms with Gasteiger partial charge in [-0.1, -0.05) is 0 Å². The summed E-state index contributed by atoms with van der Waals surface area (Å²) < 4.78 is 6.37. The molecule has 2 fully saturated rings. The Morgan fingerprint density at radius 3 is 2.83 bits per heavy atom. The number of hydrogen-bond donors (Lipinski definition) is 1. The maximum Gasteiger partial charge on any atom is 0.135 e. The summed E-state index contributed by atoms with van der Waals surface area (Å²) in [5.74, 6) is 0.908. The molecule has 1 saturated carbocycles. The van der Waals surface area contributed by atoms with Crippen molar-refractivity contribution in [2.45, 2.75) is 31.3 Å². The van der Waals surface area contributed by atoms with Crippen molar-refractivity contribution >= 4 is 21.6 Å². The molecule has 0 aromatic heterocycles. The highest BCUT2D eigenvalue weighted by atomic mass is 79.9. The largest absolute Gasteiger partial charge is 0.495 e. The summed E-state index contributed by atoms with van der Waals surface area (Å²) in [6, 6.07) is 7.80. The van der Waals surface area contributed by atoms with Crippen molar-refractivity contribution in [2.24, 2.45) is 0 Å². The zero-order valence-electron chi connectivity index (χ0n) is 10.7. The molecule has 3 rings (SSSR count). The predicted molar refractivity (Wildman–Crippen MR) is 77.5 cm³/mol. The van der Waals surface area contributed by atoms with Crippen molar-refractivity contribution in [3.8, 4) is 5.75 Å². The Labute approximate surface area is 117 Å². The van der Waals surface area contributed by atoms with E-state index in [0.717, 1.165) is 29.4 Å². The number of hydrogen-bond acceptors (Lipinski definition) is 3. The number of benzene rings is 1. The van der Waals surface area contributed by atoms with E-state index in [-0.39, 0.29) is 0 Å². The van der Waals surface area contributed by atoms with E-state index in [1.165, 1.54) is 24.9 Å². The lowest BCUT2D eigenvalue weighted by atomic mass is 10.2. The second kappa shape index (κ2) is 5.10. The normalized spacial score (nSPS) is 23.4. The van der Waals surface area contributed by atoms with Crippen LogP contribution in [0.4, 0.5) is 5.69 Å². The molecule has 0 radical (unpaired) electrons. The van der Waals surface area contributed by atoms with Gasteiger partial charge in [-0.3, -0.25) is 0 Å². The summed E-state index contributed by atoms with van der Waals surface area (Å²) in [4.78, 5) is 2.44. The van der Waals surface area contributed by atoms with Crippen molar-refractivity contribution in [3.05, 3.63) is 22.7 Å². The average Bonchev–Trinajstić information content (AvgIpc) is 3.06. The van der Waals surface area contributed by atoms with Crippen LogP contribution in [0.15, 0.2) is 22.7 Å². The second-order valence-electron chi connectivity index (χ2n) is 5.19. The van der Waals surface area contributed by atoms with Crippen LogP contribution in [0, 0.1) is 0 Å². The van der Waals surface area contributed by atoms with E-state index in [4.69, 9.17) is 4.74 Å². The Morgan fingerprint density at radius 2 is 2.11 bits per heavy atom. The third-order valence-electron chi connectivity index (χ3n) is 3.74. The molecule has 0 spiro atoms. The summed E-state index contributed by atoms with van der Waals surface area (Å²) in [6.45, 7) is 2.25. The fraction of sp³-hybridized carbons (Fsp3) is 0.571. The van der Waals surface area contributed by atoms with E-state index >= 15 is 0 Å². The van der Waals surface area contributed by atoms with Gasteiger partial charge >= 0.3 is 0 Å². The van der Waals surface area contributed by atoms with Gasteiger partial charge in [0.05, 0.1) is 11.6 Å². The molecule has 1 aliphatic carbocycles. The minimum Gasteiger partial charge on any atom is -0.495 e. The number of nitrogens with zero attached hydrogens (tertiary/aromatic N) is 1. The molecule has 1 aliphatic heterocycles. The van der Waals surface area contributed by atoms with E-state index in [9.17, 15) is 0 Å². The predicted octanol–water partition coefficient (Wildman–Crippen LogP) is 2.79. The van der Waals surface area contributed by atoms with Gasteiger partial charge in [-0.15, -0.1) is 0 Å². The fourth-order valence-electron chi connectivity index (χ4n) is 2.56. The summed E-state index contributed by atoms with van der Waals surface area (Å²) in [6.07, 6.45) is 3.97. The monoisotopic (exact) mass is 310 g/mol. The third-order valence-corrected chi connectivity index (χ3v) is 4.39. The van der Waals surface area contributed by atoms with Crippen LogP contribution in [0.5, 0.6) is 5.75 Å². The maximum absolute atomic E-state index is 5.36. The number of nitrogens with one attached hydrogen (secondary N) is 1. The first-order chi connectivity index (χ1) is 8.76. The number of halogens is 1. The lowest BCUT2D eigenvalue weighted by Crippen LogP contribution is -2.33. The molecule has 1 aromatic rings. The standard InChI is InChI=1S/C14H19BrN2O/c1-18-14-8-12(4-5-13(14)15)17-7-6-11(9-17)16-10-2-3-10/h4-5,8,10-11,16H,2-3,6-7,9H2,1H3. The first-order valence-corrected chi connectivity index (χ1v) is 7.40. The smallest absolute Gasteiger partial charge is 0.135 e. The Kier molecular flexibility index (Phi) is 3.48. The molecular formula is C14H19BrN2O. The molecule has 0 bridgehead atoms. The van der Waals surface area contributed by atoms with Gasteiger partial charge in [0, 0.05) is 36.9 Å². The summed E-state index contributed by atoms with van der Waals surface area (Å²) in [5.41, 5.74) is 1.26. The van der Waals surface area contributed by atoms with Crippen molar-refractivity contribution in [1.29, 1.82) is 0 Å². The van der Waals surface area contributed by atoms with Crippen molar-refractivity contribution < 1.29 is 4.74 Å². The molecule has 98 valence electrons. The van der Waals surface area contributed by atoms with Gasteiger partial charge in [0.25, 0.3) is 0 Å². The van der Waals surface area contributed by atoms with Crippen molar-refractivity contribution in [2.75, 3.05) is 25.1 Å². The van der Waals surface area contributed by atoms with Crippen LogP contribution in [0.3, 0.4) is 0 Å². The Morgan fingerprint density at radius 1 is 1.28 bits per heavy atom. The van der Waals surface area contributed by atoms with Crippen LogP contribution in [0.25, 0.3) is 0 Å². The van der Waals surface area contributed by atoms with Gasteiger partial charge in [-0.25, -0.2) is 0 Å². The Hall–Kier alpha value is -0.740. The Bertz CT molecular complexity index is 434. The van der Waals surface area contributed by atoms with E-state index in [1.807, 2.05) is 0 Å². The second-order valence-corrected chi connectivity index (χ2v) is 6.05. The highest BCUT2D eigenvalue weighted by Gasteiger charge is 2.29. The molecule has 18 heavy (non-hydrogen) atoms. The van der Waals surface area contributed by atoms with Crippen LogP contribution in [-0.2, 0) is 0 Å². The number of ether oxygens (including phenoxy) is 1. The lowest BCUT2D eigenvalue weighted by Gasteiger charge is -2.20. The molecular weight excluding hydrogens is 292 g/mol. The summed E-state index contributed by atoms with van der Waals surface area (Å²) >= 11 is 3.50. The Balaban J connectivity index is 1.67. The maximum atomic E-state index is 5.36. The van der Waals surface area contributed by atoms with Gasteiger partial charge in [0.1, 0.15) is 5.75 Å². The van der Waals surface area contributed by atoms with Gasteiger partial charge in [0.2, 0.25) is 0 Å². The van der Waals surface area contributed by atoms with Crippen molar-refractivity contribution in [1.82, 2.24) is 5.32 Å². The minimum absolute atomic E-state index is 0.659. The first kappa shape index (κ1) is 12.3. The van der Waals surface area contributed by atoms with E-state index < -0.39 is 0 Å². The van der Waals surface area contributed by atoms with Gasteiger partial charge in [-0.05, 0) is 47.3 Å². The quantitative estimate of drug-likeness (QED) is 0.925. The molecule has 1 unspecified atom stereocenters. The van der Waals surface area contributed by atoms with Gasteiger partial charge in [0.15, 0.2) is 0 Å². The molecule has 1 saturated heterocycles. The third kappa shape index (κ3) is 2.64. The average molecular weight is 311 g/mol. The molecule has 4 heteroatoms. The SMILES string of the molecule is COc1cc(N2CCC(NC3CC3)C2)ccc1Br. The molecule has 3 nitrogen and oxygen atoms in total. The fourth-order valence-corrected chi connectivity index (χ4v) is 2.97. The van der Waals surface area contributed by atoms with Crippen LogP contribution in [0.1, 0.15) is 19.3 Å². The van der Waals surface area contributed by atoms with Gasteiger partial charge in [-0.2, -0.15) is 0 Å². The molecule has 1 heterocycles. The molecule has 1 atom stereocenters. The summed E-state index contributed by atoms with van der Waals surface area (Å²) in [7, 11) is 1.71. The van der Waals surface area contributed by atoms with Crippen LogP contribution < -0.4 is 15.0 Å². The number of rotatable bonds is 4. The molecule has 2 aliphatic rings. The topological polar surface area (TPSA) is 24.5 Å². The zero-order valence-corrected chi connectivity index (χ0v) is 12.2. The van der Waals surface area contributed by atoms with E-state index in [2.05, 4.69) is 44.3 Å². The lowest BCUT2D eigenvalue weighted by molar-refractivity contribution is 0.412. The highest BCUT2D eigenvalue weighted by Crippen LogP contribution is 2.31. The van der Waals surface area contributed by atoms with Crippen LogP contribution in [-0.4, -0.2) is 32.3 Å². The van der Waals surface area contributed by atoms with Crippen LogP contribution in [0.2, 0.25) is 0 Å². The number of anilines is 1.